The Labute approximate surface area is 124 Å². The van der Waals surface area contributed by atoms with Crippen molar-refractivity contribution in [2.24, 2.45) is 5.73 Å². The Morgan fingerprint density at radius 1 is 1.25 bits per heavy atom. The van der Waals surface area contributed by atoms with E-state index in [0.717, 1.165) is 35.6 Å². The molecule has 5 heteroatoms. The molecule has 4 nitrogen and oxygen atoms in total. The highest BCUT2D eigenvalue weighted by Crippen LogP contribution is 2.20. The molecule has 0 aliphatic carbocycles. The van der Waals surface area contributed by atoms with Crippen LogP contribution in [0.1, 0.15) is 16.8 Å². The van der Waals surface area contributed by atoms with Crippen molar-refractivity contribution in [3.05, 3.63) is 53.5 Å². The fraction of sp³-hybridized carbons (Fsp3) is 0.267. The van der Waals surface area contributed by atoms with Crippen molar-refractivity contribution >= 4 is 23.0 Å². The van der Waals surface area contributed by atoms with Gasteiger partial charge in [-0.1, -0.05) is 18.3 Å². The summed E-state index contributed by atoms with van der Waals surface area (Å²) in [5.41, 5.74) is 8.77. The first-order valence-electron chi connectivity index (χ1n) is 6.46. The summed E-state index contributed by atoms with van der Waals surface area (Å²) in [5.74, 6) is 0.827. The van der Waals surface area contributed by atoms with Gasteiger partial charge in [-0.15, -0.1) is 0 Å². The van der Waals surface area contributed by atoms with Crippen LogP contribution >= 0.6 is 12.2 Å². The standard InChI is InChI=1S/C15H18N4S/c1-11-6-9-18-15(13(11)14(16)20)19(2)10-7-12-5-3-4-8-17-12/h3-6,8-9H,7,10H2,1-2H3,(H2,16,20). The zero-order chi connectivity index (χ0) is 14.5. The molecule has 0 aliphatic heterocycles. The lowest BCUT2D eigenvalue weighted by atomic mass is 10.1. The van der Waals surface area contributed by atoms with Crippen molar-refractivity contribution in [3.63, 3.8) is 0 Å². The van der Waals surface area contributed by atoms with Gasteiger partial charge < -0.3 is 10.6 Å². The van der Waals surface area contributed by atoms with Gasteiger partial charge in [-0.3, -0.25) is 4.98 Å². The third-order valence-corrected chi connectivity index (χ3v) is 3.38. The molecule has 20 heavy (non-hydrogen) atoms. The lowest BCUT2D eigenvalue weighted by Gasteiger charge is -2.21. The van der Waals surface area contributed by atoms with E-state index >= 15 is 0 Å². The summed E-state index contributed by atoms with van der Waals surface area (Å²) in [6.45, 7) is 2.80. The second-order valence-electron chi connectivity index (χ2n) is 4.68. The highest BCUT2D eigenvalue weighted by Gasteiger charge is 2.13. The Balaban J connectivity index is 2.15. The van der Waals surface area contributed by atoms with E-state index in [1.807, 2.05) is 38.2 Å². The number of rotatable bonds is 5. The predicted octanol–water partition coefficient (Wildman–Crippen LogP) is 2.10. The molecule has 0 amide bonds. The monoisotopic (exact) mass is 286 g/mol. The van der Waals surface area contributed by atoms with Gasteiger partial charge in [-0.05, 0) is 30.7 Å². The quantitative estimate of drug-likeness (QED) is 0.853. The van der Waals surface area contributed by atoms with Crippen LogP contribution in [0.25, 0.3) is 0 Å². The summed E-state index contributed by atoms with van der Waals surface area (Å²) in [7, 11) is 1.99. The summed E-state index contributed by atoms with van der Waals surface area (Å²) in [6, 6.07) is 7.85. The highest BCUT2D eigenvalue weighted by molar-refractivity contribution is 7.80. The van der Waals surface area contributed by atoms with Crippen LogP contribution in [0.2, 0.25) is 0 Å². The maximum absolute atomic E-state index is 5.81. The van der Waals surface area contributed by atoms with E-state index in [1.165, 1.54) is 0 Å². The van der Waals surface area contributed by atoms with E-state index in [2.05, 4.69) is 14.9 Å². The smallest absolute Gasteiger partial charge is 0.138 e. The lowest BCUT2D eigenvalue weighted by molar-refractivity contribution is 0.837. The predicted molar refractivity (Wildman–Crippen MR) is 86.1 cm³/mol. The molecule has 0 aliphatic rings. The Kier molecular flexibility index (Phi) is 4.63. The van der Waals surface area contributed by atoms with E-state index in [-0.39, 0.29) is 0 Å². The van der Waals surface area contributed by atoms with Crippen LogP contribution in [-0.4, -0.2) is 28.5 Å². The molecule has 2 N–H and O–H groups in total. The molecule has 0 bridgehead atoms. The van der Waals surface area contributed by atoms with Crippen LogP contribution in [0.15, 0.2) is 36.7 Å². The first kappa shape index (κ1) is 14.4. The van der Waals surface area contributed by atoms with Crippen molar-refractivity contribution in [2.45, 2.75) is 13.3 Å². The molecular formula is C15H18N4S. The molecule has 0 saturated carbocycles. The second-order valence-corrected chi connectivity index (χ2v) is 5.12. The summed E-state index contributed by atoms with van der Waals surface area (Å²) >= 11 is 5.13. The minimum absolute atomic E-state index is 0.385. The van der Waals surface area contributed by atoms with Gasteiger partial charge in [0.15, 0.2) is 0 Å². The largest absolute Gasteiger partial charge is 0.389 e. The molecule has 2 aromatic rings. The number of hydrogen-bond donors (Lipinski definition) is 1. The topological polar surface area (TPSA) is 55.0 Å². The fourth-order valence-electron chi connectivity index (χ4n) is 2.07. The number of nitrogens with zero attached hydrogens (tertiary/aromatic N) is 3. The maximum atomic E-state index is 5.81. The van der Waals surface area contributed by atoms with Crippen LogP contribution < -0.4 is 10.6 Å². The van der Waals surface area contributed by atoms with E-state index < -0.39 is 0 Å². The summed E-state index contributed by atoms with van der Waals surface area (Å²) < 4.78 is 0. The van der Waals surface area contributed by atoms with Crippen molar-refractivity contribution in [1.82, 2.24) is 9.97 Å². The molecule has 0 aromatic carbocycles. The van der Waals surface area contributed by atoms with Gasteiger partial charge in [0.1, 0.15) is 10.8 Å². The molecule has 0 saturated heterocycles. The van der Waals surface area contributed by atoms with Crippen LogP contribution in [-0.2, 0) is 6.42 Å². The summed E-state index contributed by atoms with van der Waals surface area (Å²) in [4.78, 5) is 11.2. The van der Waals surface area contributed by atoms with Crippen molar-refractivity contribution < 1.29 is 0 Å². The Morgan fingerprint density at radius 3 is 2.70 bits per heavy atom. The number of aromatic nitrogens is 2. The van der Waals surface area contributed by atoms with Gasteiger partial charge >= 0.3 is 0 Å². The maximum Gasteiger partial charge on any atom is 0.138 e. The normalized spacial score (nSPS) is 10.3. The minimum atomic E-state index is 0.385. The minimum Gasteiger partial charge on any atom is -0.389 e. The van der Waals surface area contributed by atoms with Crippen molar-refractivity contribution in [2.75, 3.05) is 18.5 Å². The SMILES string of the molecule is Cc1ccnc(N(C)CCc2ccccn2)c1C(N)=S. The number of thiocarbonyl (C=S) groups is 1. The number of likely N-dealkylation sites (N-methyl/N-ethyl adjacent to an activating group) is 1. The first-order valence-corrected chi connectivity index (χ1v) is 6.87. The molecule has 2 aromatic heterocycles. The Hall–Kier alpha value is -2.01. The third-order valence-electron chi connectivity index (χ3n) is 3.18. The number of hydrogen-bond acceptors (Lipinski definition) is 4. The number of nitrogens with two attached hydrogens (primary N) is 1. The number of anilines is 1. The second kappa shape index (κ2) is 6.43. The number of aryl methyl sites for hydroxylation is 1. The Bertz CT molecular complexity index is 598. The average molecular weight is 286 g/mol. The van der Waals surface area contributed by atoms with E-state index in [9.17, 15) is 0 Å². The van der Waals surface area contributed by atoms with E-state index in [0.29, 0.717) is 4.99 Å². The molecule has 0 atom stereocenters. The molecule has 2 heterocycles. The number of pyridine rings is 2. The third kappa shape index (κ3) is 3.30. The first-order chi connectivity index (χ1) is 9.59. The molecule has 0 fully saturated rings. The van der Waals surface area contributed by atoms with Gasteiger partial charge in [0.25, 0.3) is 0 Å². The van der Waals surface area contributed by atoms with Gasteiger partial charge in [0, 0.05) is 38.1 Å². The van der Waals surface area contributed by atoms with Crippen LogP contribution in [0, 0.1) is 6.92 Å². The van der Waals surface area contributed by atoms with Gasteiger partial charge in [0.05, 0.1) is 5.56 Å². The van der Waals surface area contributed by atoms with E-state index in [1.54, 1.807) is 12.4 Å². The lowest BCUT2D eigenvalue weighted by Crippen LogP contribution is -2.26. The zero-order valence-electron chi connectivity index (χ0n) is 11.7. The molecular weight excluding hydrogens is 268 g/mol. The molecule has 0 radical (unpaired) electrons. The molecule has 2 rings (SSSR count). The van der Waals surface area contributed by atoms with Gasteiger partial charge in [0.2, 0.25) is 0 Å². The summed E-state index contributed by atoms with van der Waals surface area (Å²) in [6.07, 6.45) is 4.44. The van der Waals surface area contributed by atoms with E-state index in [4.69, 9.17) is 18.0 Å². The fourth-order valence-corrected chi connectivity index (χ4v) is 2.32. The van der Waals surface area contributed by atoms with Gasteiger partial charge in [-0.25, -0.2) is 4.98 Å². The highest BCUT2D eigenvalue weighted by atomic mass is 32.1. The Morgan fingerprint density at radius 2 is 2.05 bits per heavy atom. The molecule has 0 unspecified atom stereocenters. The van der Waals surface area contributed by atoms with Crippen molar-refractivity contribution in [1.29, 1.82) is 0 Å². The van der Waals surface area contributed by atoms with Crippen LogP contribution in [0.5, 0.6) is 0 Å². The molecule has 104 valence electrons. The van der Waals surface area contributed by atoms with Gasteiger partial charge in [-0.2, -0.15) is 0 Å². The van der Waals surface area contributed by atoms with Crippen LogP contribution in [0.3, 0.4) is 0 Å². The van der Waals surface area contributed by atoms with Crippen LogP contribution in [0.4, 0.5) is 5.82 Å². The summed E-state index contributed by atoms with van der Waals surface area (Å²) in [5, 5.41) is 0. The zero-order valence-corrected chi connectivity index (χ0v) is 12.5. The van der Waals surface area contributed by atoms with Crippen molar-refractivity contribution in [3.8, 4) is 0 Å². The molecule has 0 spiro atoms. The average Bonchev–Trinajstić information content (AvgIpc) is 2.45.